The summed E-state index contributed by atoms with van der Waals surface area (Å²) in [6.45, 7) is 1.56. The Bertz CT molecular complexity index is 1550. The fourth-order valence-electron chi connectivity index (χ4n) is 5.31. The van der Waals surface area contributed by atoms with Crippen LogP contribution in [-0.4, -0.2) is 83.2 Å². The number of carbonyl (C=O) groups is 4. The van der Waals surface area contributed by atoms with Crippen LogP contribution < -0.4 is 10.2 Å². The van der Waals surface area contributed by atoms with Gasteiger partial charge in [0.05, 0.1) is 6.67 Å². The average molecular weight is 651 g/mol. The molecular weight excluding hydrogens is 622 g/mol. The lowest BCUT2D eigenvalue weighted by Crippen LogP contribution is -2.57. The molecule has 1 spiro atoms. The number of nitrogens with zero attached hydrogens (tertiary/aromatic N) is 3. The van der Waals surface area contributed by atoms with Crippen LogP contribution in [-0.2, 0) is 9.59 Å². The van der Waals surface area contributed by atoms with Gasteiger partial charge in [0.2, 0.25) is 5.91 Å². The number of carboxylic acids is 1. The van der Waals surface area contributed by atoms with Crippen molar-refractivity contribution >= 4 is 29.4 Å². The van der Waals surface area contributed by atoms with Crippen LogP contribution in [0.4, 0.5) is 32.0 Å². The molecule has 244 valence electrons. The first kappa shape index (κ1) is 34.0. The summed E-state index contributed by atoms with van der Waals surface area (Å²) >= 11 is 0. The van der Waals surface area contributed by atoms with Crippen LogP contribution in [0.25, 0.3) is 0 Å². The van der Waals surface area contributed by atoms with E-state index >= 15 is 0 Å². The number of carbonyl (C=O) groups excluding carboxylic acids is 3. The van der Waals surface area contributed by atoms with Crippen LogP contribution in [0.3, 0.4) is 0 Å². The number of likely N-dealkylation sites (tertiary alicyclic amines) is 1. The summed E-state index contributed by atoms with van der Waals surface area (Å²) < 4.78 is 73.3. The summed E-state index contributed by atoms with van der Waals surface area (Å²) in [4.78, 5) is 53.3. The molecule has 3 amide bonds. The first-order valence-corrected chi connectivity index (χ1v) is 13.9. The number of piperidine rings is 1. The zero-order valence-corrected chi connectivity index (χ0v) is 24.1. The number of halogens is 6. The lowest BCUT2D eigenvalue weighted by molar-refractivity contribution is -0.192. The van der Waals surface area contributed by atoms with E-state index in [1.54, 1.807) is 12.1 Å². The molecule has 2 aliphatic rings. The van der Waals surface area contributed by atoms with E-state index in [1.165, 1.54) is 48.5 Å². The van der Waals surface area contributed by atoms with Crippen LogP contribution >= 0.6 is 0 Å². The predicted octanol–water partition coefficient (Wildman–Crippen LogP) is 4.45. The molecule has 2 fully saturated rings. The highest BCUT2D eigenvalue weighted by molar-refractivity contribution is 6.10. The second-order valence-corrected chi connectivity index (χ2v) is 10.5. The first-order valence-electron chi connectivity index (χ1n) is 13.9. The number of alkyl halides is 3. The zero-order valence-electron chi connectivity index (χ0n) is 24.1. The van der Waals surface area contributed by atoms with Crippen molar-refractivity contribution < 1.29 is 50.6 Å². The molecule has 5 rings (SSSR count). The monoisotopic (exact) mass is 650 g/mol. The maximum absolute atomic E-state index is 13.9. The highest BCUT2D eigenvalue weighted by atomic mass is 19.4. The van der Waals surface area contributed by atoms with Crippen molar-refractivity contribution in [3.63, 3.8) is 0 Å². The number of amides is 3. The molecule has 0 unspecified atom stereocenters. The van der Waals surface area contributed by atoms with Crippen LogP contribution in [0, 0.1) is 17.5 Å². The Morgan fingerprint density at radius 1 is 0.826 bits per heavy atom. The van der Waals surface area contributed by atoms with Gasteiger partial charge in [0.15, 0.2) is 0 Å². The first-order chi connectivity index (χ1) is 21.7. The van der Waals surface area contributed by atoms with Gasteiger partial charge in [-0.25, -0.2) is 18.0 Å². The molecule has 15 heteroatoms. The minimum atomic E-state index is -5.08. The number of benzene rings is 3. The third kappa shape index (κ3) is 7.83. The average Bonchev–Trinajstić information content (AvgIpc) is 3.32. The standard InChI is InChI=1S/C29H27F3N4O3.C2HF3O2/c30-22-6-1-4-20(16-22)26(37)35(27(38)21-5-2-7-23(31)17-21)15-14-34-12-10-29(11-13-34)28(39)33-19-36(29)25-9-3-8-24(32)18-25;3-2(4,5)1(6)7/h1-9,16-18H,10-15,19H2,(H,33,39);(H,6,7). The van der Waals surface area contributed by atoms with E-state index < -0.39 is 41.1 Å². The number of aliphatic carboxylic acids is 1. The summed E-state index contributed by atoms with van der Waals surface area (Å²) in [6, 6.07) is 16.2. The smallest absolute Gasteiger partial charge is 0.475 e. The summed E-state index contributed by atoms with van der Waals surface area (Å²) in [5.74, 6) is -5.86. The molecule has 0 saturated carbocycles. The molecule has 3 aromatic carbocycles. The molecule has 0 aromatic heterocycles. The van der Waals surface area contributed by atoms with E-state index in [1.807, 2.05) is 9.80 Å². The predicted molar refractivity (Wildman–Crippen MR) is 152 cm³/mol. The Morgan fingerprint density at radius 2 is 1.30 bits per heavy atom. The molecule has 0 radical (unpaired) electrons. The molecule has 2 aliphatic heterocycles. The fourth-order valence-corrected chi connectivity index (χ4v) is 5.31. The molecule has 0 atom stereocenters. The van der Waals surface area contributed by atoms with Crippen molar-refractivity contribution in [1.82, 2.24) is 15.1 Å². The van der Waals surface area contributed by atoms with Gasteiger partial charge >= 0.3 is 12.1 Å². The van der Waals surface area contributed by atoms with Gasteiger partial charge in [-0.15, -0.1) is 0 Å². The van der Waals surface area contributed by atoms with E-state index in [-0.39, 0.29) is 36.1 Å². The van der Waals surface area contributed by atoms with Gasteiger partial charge in [-0.2, -0.15) is 13.2 Å². The Kier molecular flexibility index (Phi) is 10.4. The lowest BCUT2D eigenvalue weighted by atomic mass is 9.85. The van der Waals surface area contributed by atoms with Gasteiger partial charge in [0, 0.05) is 43.0 Å². The van der Waals surface area contributed by atoms with Gasteiger partial charge < -0.3 is 20.2 Å². The second kappa shape index (κ2) is 14.0. The van der Waals surface area contributed by atoms with Gasteiger partial charge in [0.25, 0.3) is 11.8 Å². The fraction of sp³-hybridized carbons (Fsp3) is 0.290. The molecule has 0 bridgehead atoms. The molecule has 0 aliphatic carbocycles. The molecule has 2 N–H and O–H groups in total. The number of anilines is 1. The van der Waals surface area contributed by atoms with Crippen LogP contribution in [0.2, 0.25) is 0 Å². The molecule has 46 heavy (non-hydrogen) atoms. The van der Waals surface area contributed by atoms with E-state index in [2.05, 4.69) is 5.32 Å². The van der Waals surface area contributed by atoms with E-state index in [0.717, 1.165) is 17.0 Å². The third-order valence-corrected chi connectivity index (χ3v) is 7.66. The molecule has 3 aromatic rings. The maximum Gasteiger partial charge on any atom is 0.490 e. The van der Waals surface area contributed by atoms with Crippen LogP contribution in [0.1, 0.15) is 33.6 Å². The normalized spacial score (nSPS) is 16.0. The van der Waals surface area contributed by atoms with Gasteiger partial charge in [-0.3, -0.25) is 19.3 Å². The van der Waals surface area contributed by atoms with Gasteiger partial charge in [-0.05, 0) is 67.4 Å². The van der Waals surface area contributed by atoms with Crippen molar-refractivity contribution in [2.75, 3.05) is 37.7 Å². The Hall–Kier alpha value is -4.92. The quantitative estimate of drug-likeness (QED) is 0.300. The Labute approximate surface area is 259 Å². The highest BCUT2D eigenvalue weighted by Crippen LogP contribution is 2.36. The van der Waals surface area contributed by atoms with E-state index in [0.29, 0.717) is 38.2 Å². The van der Waals surface area contributed by atoms with Gasteiger partial charge in [0.1, 0.15) is 23.0 Å². The molecule has 2 heterocycles. The number of imide groups is 1. The van der Waals surface area contributed by atoms with Crippen molar-refractivity contribution in [2.45, 2.75) is 24.6 Å². The summed E-state index contributed by atoms with van der Waals surface area (Å²) in [5.41, 5.74) is -0.190. The zero-order chi connectivity index (χ0) is 33.6. The number of carboxylic acid groups (broad SMARTS) is 1. The van der Waals surface area contributed by atoms with Crippen molar-refractivity contribution in [1.29, 1.82) is 0 Å². The minimum Gasteiger partial charge on any atom is -0.475 e. The van der Waals surface area contributed by atoms with Crippen molar-refractivity contribution in [3.05, 3.63) is 101 Å². The topological polar surface area (TPSA) is 110 Å². The Balaban J connectivity index is 0.000000617. The van der Waals surface area contributed by atoms with Crippen molar-refractivity contribution in [2.24, 2.45) is 0 Å². The number of nitrogens with one attached hydrogen (secondary N) is 1. The van der Waals surface area contributed by atoms with Crippen molar-refractivity contribution in [3.8, 4) is 0 Å². The largest absolute Gasteiger partial charge is 0.490 e. The van der Waals surface area contributed by atoms with E-state index in [9.17, 15) is 40.7 Å². The second-order valence-electron chi connectivity index (χ2n) is 10.5. The third-order valence-electron chi connectivity index (χ3n) is 7.66. The highest BCUT2D eigenvalue weighted by Gasteiger charge is 2.50. The summed E-state index contributed by atoms with van der Waals surface area (Å²) in [5, 5.41) is 10.0. The number of hydrogen-bond acceptors (Lipinski definition) is 6. The maximum atomic E-state index is 13.9. The summed E-state index contributed by atoms with van der Waals surface area (Å²) in [7, 11) is 0. The van der Waals surface area contributed by atoms with Crippen LogP contribution in [0.15, 0.2) is 72.8 Å². The molecule has 9 nitrogen and oxygen atoms in total. The van der Waals surface area contributed by atoms with Crippen LogP contribution in [0.5, 0.6) is 0 Å². The van der Waals surface area contributed by atoms with Gasteiger partial charge in [-0.1, -0.05) is 18.2 Å². The Morgan fingerprint density at radius 3 is 1.76 bits per heavy atom. The SMILES string of the molecule is O=C(O)C(F)(F)F.O=C(c1cccc(F)c1)N(CCN1CCC2(CC1)C(=O)NCN2c1cccc(F)c1)C(=O)c1cccc(F)c1. The summed E-state index contributed by atoms with van der Waals surface area (Å²) in [6.07, 6.45) is -4.16. The number of rotatable bonds is 6. The number of hydrogen-bond donors (Lipinski definition) is 2. The molecular formula is C31H28F6N4O5. The molecule has 2 saturated heterocycles. The lowest BCUT2D eigenvalue weighted by Gasteiger charge is -2.43. The van der Waals surface area contributed by atoms with E-state index in [4.69, 9.17) is 9.90 Å². The minimum absolute atomic E-state index is 0.00529.